The van der Waals surface area contributed by atoms with E-state index in [1.165, 1.54) is 7.11 Å². The van der Waals surface area contributed by atoms with Gasteiger partial charge in [0.05, 0.1) is 25.7 Å². The lowest BCUT2D eigenvalue weighted by molar-refractivity contribution is -0.145. The van der Waals surface area contributed by atoms with Crippen LogP contribution in [0.15, 0.2) is 42.9 Å². The SMILES string of the molecule is COC(=O)[C@H](Cc1ccccc1)NC(=O)[C@H](CC1CCCCC1)NC(=O)CNC(=O)[C@H](Cc1cn(C)cn1)NC(=O)OC(C)(C)C. The van der Waals surface area contributed by atoms with E-state index in [1.807, 2.05) is 30.3 Å². The number of hydrogen-bond acceptors (Lipinski definition) is 8. The minimum atomic E-state index is -1.07. The van der Waals surface area contributed by atoms with Crippen LogP contribution in [-0.2, 0) is 48.5 Å². The monoisotopic (exact) mass is 640 g/mol. The van der Waals surface area contributed by atoms with Crippen LogP contribution in [0.4, 0.5) is 4.79 Å². The van der Waals surface area contributed by atoms with Gasteiger partial charge >= 0.3 is 12.1 Å². The second-order valence-electron chi connectivity index (χ2n) is 12.8. The smallest absolute Gasteiger partial charge is 0.408 e. The zero-order valence-corrected chi connectivity index (χ0v) is 27.5. The summed E-state index contributed by atoms with van der Waals surface area (Å²) in [6.45, 7) is 4.69. The normalized spacial score (nSPS) is 15.5. The molecular weight excluding hydrogens is 592 g/mol. The standard InChI is InChI=1S/C33H48N6O7/c1-33(2,3)46-32(44)38-26(18-24-20-39(4)21-35-24)29(41)34-19-28(40)36-25(16-22-12-8-6-9-13-22)30(42)37-27(31(43)45-5)17-23-14-10-7-11-15-23/h7,10-11,14-15,20-22,25-27H,6,8-9,12-13,16-19H2,1-5H3,(H,34,41)(H,36,40)(H,37,42)(H,38,44)/t25-,26-,27-/m0/s1. The number of carbonyl (C=O) groups excluding carboxylic acids is 5. The predicted octanol–water partition coefficient (Wildman–Crippen LogP) is 2.33. The first-order valence-electron chi connectivity index (χ1n) is 15.8. The Morgan fingerprint density at radius 1 is 0.913 bits per heavy atom. The van der Waals surface area contributed by atoms with Crippen LogP contribution in [0, 0.1) is 5.92 Å². The molecule has 0 aliphatic heterocycles. The molecule has 4 N–H and O–H groups in total. The van der Waals surface area contributed by atoms with Crippen molar-refractivity contribution in [1.29, 1.82) is 0 Å². The number of aromatic nitrogens is 2. The third-order valence-corrected chi connectivity index (χ3v) is 7.63. The van der Waals surface area contributed by atoms with Crippen molar-refractivity contribution in [3.05, 3.63) is 54.1 Å². The summed E-state index contributed by atoms with van der Waals surface area (Å²) in [4.78, 5) is 69.2. The summed E-state index contributed by atoms with van der Waals surface area (Å²) in [7, 11) is 3.04. The number of esters is 1. The van der Waals surface area contributed by atoms with E-state index in [9.17, 15) is 24.0 Å². The number of methoxy groups -OCH3 is 1. The highest BCUT2D eigenvalue weighted by Gasteiger charge is 2.31. The Balaban J connectivity index is 1.68. The van der Waals surface area contributed by atoms with Crippen molar-refractivity contribution >= 4 is 29.8 Å². The predicted molar refractivity (Wildman–Crippen MR) is 170 cm³/mol. The number of aryl methyl sites for hydroxylation is 1. The second kappa shape index (κ2) is 17.3. The lowest BCUT2D eigenvalue weighted by Crippen LogP contribution is -2.55. The highest BCUT2D eigenvalue weighted by molar-refractivity contribution is 5.93. The van der Waals surface area contributed by atoms with Crippen LogP contribution in [0.5, 0.6) is 0 Å². The Bertz CT molecular complexity index is 1320. The Morgan fingerprint density at radius 2 is 1.61 bits per heavy atom. The van der Waals surface area contributed by atoms with E-state index in [4.69, 9.17) is 9.47 Å². The van der Waals surface area contributed by atoms with Crippen molar-refractivity contribution in [3.63, 3.8) is 0 Å². The van der Waals surface area contributed by atoms with Crippen molar-refractivity contribution in [2.24, 2.45) is 13.0 Å². The van der Waals surface area contributed by atoms with Crippen LogP contribution >= 0.6 is 0 Å². The molecule has 0 unspecified atom stereocenters. The average Bonchev–Trinajstić information content (AvgIpc) is 3.42. The van der Waals surface area contributed by atoms with Gasteiger partial charge in [0.25, 0.3) is 0 Å². The van der Waals surface area contributed by atoms with Gasteiger partial charge in [-0.25, -0.2) is 14.6 Å². The van der Waals surface area contributed by atoms with E-state index >= 15 is 0 Å². The van der Waals surface area contributed by atoms with E-state index in [1.54, 1.807) is 44.9 Å². The lowest BCUT2D eigenvalue weighted by Gasteiger charge is -2.28. The third kappa shape index (κ3) is 12.5. The Hall–Kier alpha value is -4.42. The van der Waals surface area contributed by atoms with Crippen LogP contribution in [-0.4, -0.2) is 76.7 Å². The Morgan fingerprint density at radius 3 is 2.22 bits per heavy atom. The maximum absolute atomic E-state index is 13.6. The van der Waals surface area contributed by atoms with Crippen LogP contribution in [0.25, 0.3) is 0 Å². The molecule has 3 atom stereocenters. The maximum atomic E-state index is 13.6. The number of imidazole rings is 1. The van der Waals surface area contributed by atoms with Gasteiger partial charge in [0.15, 0.2) is 0 Å². The molecule has 0 bridgehead atoms. The number of nitrogens with one attached hydrogen (secondary N) is 4. The fourth-order valence-electron chi connectivity index (χ4n) is 5.42. The highest BCUT2D eigenvalue weighted by Crippen LogP contribution is 2.27. The molecule has 46 heavy (non-hydrogen) atoms. The van der Waals surface area contributed by atoms with Crippen molar-refractivity contribution in [1.82, 2.24) is 30.8 Å². The number of hydrogen-bond donors (Lipinski definition) is 4. The summed E-state index contributed by atoms with van der Waals surface area (Å²) in [5.74, 6) is -2.07. The van der Waals surface area contributed by atoms with E-state index < -0.39 is 60.1 Å². The highest BCUT2D eigenvalue weighted by atomic mass is 16.6. The quantitative estimate of drug-likeness (QED) is 0.228. The van der Waals surface area contributed by atoms with Gasteiger partial charge in [0, 0.05) is 26.1 Å². The zero-order chi connectivity index (χ0) is 33.7. The van der Waals surface area contributed by atoms with E-state index in [0.717, 1.165) is 37.7 Å². The minimum Gasteiger partial charge on any atom is -0.467 e. The molecule has 13 heteroatoms. The fraction of sp³-hybridized carbons (Fsp3) is 0.576. The zero-order valence-electron chi connectivity index (χ0n) is 27.5. The number of benzene rings is 1. The summed E-state index contributed by atoms with van der Waals surface area (Å²) < 4.78 is 12.0. The molecule has 1 aromatic carbocycles. The number of rotatable bonds is 14. The molecule has 4 amide bonds. The topological polar surface area (TPSA) is 170 Å². The maximum Gasteiger partial charge on any atom is 0.408 e. The van der Waals surface area contributed by atoms with Crippen molar-refractivity contribution in [2.45, 2.75) is 95.9 Å². The van der Waals surface area contributed by atoms with Crippen molar-refractivity contribution in [2.75, 3.05) is 13.7 Å². The van der Waals surface area contributed by atoms with Crippen LogP contribution in [0.1, 0.15) is 70.6 Å². The first-order chi connectivity index (χ1) is 21.8. The number of carbonyl (C=O) groups is 5. The Kier molecular flexibility index (Phi) is 13.6. The largest absolute Gasteiger partial charge is 0.467 e. The first kappa shape index (κ1) is 36.1. The molecule has 1 fully saturated rings. The van der Waals surface area contributed by atoms with Gasteiger partial charge < -0.3 is 35.3 Å². The lowest BCUT2D eigenvalue weighted by atomic mass is 9.84. The van der Waals surface area contributed by atoms with Gasteiger partial charge in [-0.1, -0.05) is 62.4 Å². The van der Waals surface area contributed by atoms with Crippen LogP contribution in [0.3, 0.4) is 0 Å². The summed E-state index contributed by atoms with van der Waals surface area (Å²) in [5, 5.41) is 10.7. The summed E-state index contributed by atoms with van der Waals surface area (Å²) >= 11 is 0. The number of amides is 4. The van der Waals surface area contributed by atoms with Gasteiger partial charge in [0.1, 0.15) is 23.7 Å². The van der Waals surface area contributed by atoms with Gasteiger partial charge in [0.2, 0.25) is 17.7 Å². The average molecular weight is 641 g/mol. The minimum absolute atomic E-state index is 0.0660. The number of nitrogens with zero attached hydrogens (tertiary/aromatic N) is 2. The molecule has 1 aliphatic rings. The molecule has 1 aliphatic carbocycles. The molecular formula is C33H48N6O7. The number of alkyl carbamates (subject to hydrolysis) is 1. The van der Waals surface area contributed by atoms with Gasteiger partial charge in [-0.2, -0.15) is 0 Å². The fourth-order valence-corrected chi connectivity index (χ4v) is 5.42. The molecule has 1 saturated carbocycles. The third-order valence-electron chi connectivity index (χ3n) is 7.63. The van der Waals surface area contributed by atoms with E-state index in [0.29, 0.717) is 12.1 Å². The van der Waals surface area contributed by atoms with Crippen molar-refractivity contribution in [3.8, 4) is 0 Å². The Labute approximate surface area is 270 Å². The summed E-state index contributed by atoms with van der Waals surface area (Å²) in [6, 6.07) is 6.30. The number of ether oxygens (including phenoxy) is 2. The van der Waals surface area contributed by atoms with E-state index in [2.05, 4.69) is 26.3 Å². The summed E-state index contributed by atoms with van der Waals surface area (Å²) in [6.07, 6.45) is 8.29. The molecule has 0 radical (unpaired) electrons. The molecule has 1 heterocycles. The van der Waals surface area contributed by atoms with Crippen molar-refractivity contribution < 1.29 is 33.4 Å². The van der Waals surface area contributed by atoms with Crippen LogP contribution in [0.2, 0.25) is 0 Å². The summed E-state index contributed by atoms with van der Waals surface area (Å²) in [5.41, 5.74) is 0.620. The molecule has 252 valence electrons. The molecule has 1 aromatic heterocycles. The van der Waals surface area contributed by atoms with Gasteiger partial charge in [-0.3, -0.25) is 14.4 Å². The molecule has 0 saturated heterocycles. The molecule has 2 aromatic rings. The van der Waals surface area contributed by atoms with Gasteiger partial charge in [-0.15, -0.1) is 0 Å². The second-order valence-corrected chi connectivity index (χ2v) is 12.8. The molecule has 0 spiro atoms. The molecule has 3 rings (SSSR count). The van der Waals surface area contributed by atoms with Gasteiger partial charge in [-0.05, 0) is 38.7 Å². The van der Waals surface area contributed by atoms with Crippen LogP contribution < -0.4 is 21.3 Å². The molecule has 13 nitrogen and oxygen atoms in total. The van der Waals surface area contributed by atoms with E-state index in [-0.39, 0.29) is 18.8 Å². The first-order valence-corrected chi connectivity index (χ1v) is 15.8.